The van der Waals surface area contributed by atoms with E-state index in [1.807, 2.05) is 0 Å². The Morgan fingerprint density at radius 3 is 1.90 bits per heavy atom. The Hall–Kier alpha value is -2.44. The predicted octanol–water partition coefficient (Wildman–Crippen LogP) is 5.26. The molecule has 2 aromatic rings. The maximum Gasteiger partial charge on any atom is 0.206 e. The fourth-order valence-electron chi connectivity index (χ4n) is 3.65. The summed E-state index contributed by atoms with van der Waals surface area (Å²) in [5, 5.41) is -0.917. The summed E-state index contributed by atoms with van der Waals surface area (Å²) >= 11 is 0. The van der Waals surface area contributed by atoms with Crippen LogP contribution in [0.15, 0.2) is 106 Å². The summed E-state index contributed by atoms with van der Waals surface area (Å²) in [4.78, 5) is 0.413. The first-order valence-corrected chi connectivity index (χ1v) is 13.0. The number of hydrogen-bond donors (Lipinski definition) is 0. The molecule has 0 saturated carbocycles. The van der Waals surface area contributed by atoms with Gasteiger partial charge in [-0.05, 0) is 54.7 Å². The molecule has 0 heterocycles. The smallest absolute Gasteiger partial charge is 0.206 e. The molecule has 0 aliphatic heterocycles. The van der Waals surface area contributed by atoms with Crippen molar-refractivity contribution in [3.8, 4) is 0 Å². The molecule has 0 radical (unpaired) electrons. The van der Waals surface area contributed by atoms with Crippen LogP contribution in [0.5, 0.6) is 0 Å². The summed E-state index contributed by atoms with van der Waals surface area (Å²) in [7, 11) is -7.57. The van der Waals surface area contributed by atoms with Crippen LogP contribution in [0.3, 0.4) is 0 Å². The van der Waals surface area contributed by atoms with Crippen LogP contribution in [0, 0.1) is 0 Å². The van der Waals surface area contributed by atoms with Crippen molar-refractivity contribution in [2.45, 2.75) is 47.1 Å². The van der Waals surface area contributed by atoms with Crippen LogP contribution in [-0.4, -0.2) is 22.1 Å². The second-order valence-electron chi connectivity index (χ2n) is 7.37. The van der Waals surface area contributed by atoms with Crippen molar-refractivity contribution in [3.63, 3.8) is 0 Å². The highest BCUT2D eigenvalue weighted by atomic mass is 32.2. The molecule has 1 atom stereocenters. The molecule has 1 aliphatic carbocycles. The Kier molecular flexibility index (Phi) is 6.78. The summed E-state index contributed by atoms with van der Waals surface area (Å²) in [5.74, 6) is 0. The van der Waals surface area contributed by atoms with Gasteiger partial charge >= 0.3 is 0 Å². The lowest BCUT2D eigenvalue weighted by Crippen LogP contribution is -2.26. The first-order chi connectivity index (χ1) is 14.3. The van der Waals surface area contributed by atoms with Crippen molar-refractivity contribution in [2.75, 3.05) is 0 Å². The van der Waals surface area contributed by atoms with E-state index in [2.05, 4.69) is 13.2 Å². The van der Waals surface area contributed by atoms with Crippen LogP contribution < -0.4 is 0 Å². The Morgan fingerprint density at radius 2 is 1.30 bits per heavy atom. The van der Waals surface area contributed by atoms with Crippen LogP contribution in [-0.2, 0) is 19.7 Å². The number of hydrogen-bond acceptors (Lipinski definition) is 4. The van der Waals surface area contributed by atoms with E-state index in [0.717, 1.165) is 19.3 Å². The summed E-state index contributed by atoms with van der Waals surface area (Å²) < 4.78 is 53.3. The first kappa shape index (κ1) is 22.2. The molecule has 0 spiro atoms. The summed E-state index contributed by atoms with van der Waals surface area (Å²) in [5.41, 5.74) is 0.414. The average molecular weight is 443 g/mol. The predicted molar refractivity (Wildman–Crippen MR) is 120 cm³/mol. The van der Waals surface area contributed by atoms with E-state index in [0.29, 0.717) is 12.8 Å². The Morgan fingerprint density at radius 1 is 0.733 bits per heavy atom. The zero-order valence-electron chi connectivity index (χ0n) is 16.8. The van der Waals surface area contributed by atoms with Gasteiger partial charge in [0.15, 0.2) is 9.84 Å². The highest BCUT2D eigenvalue weighted by Crippen LogP contribution is 2.36. The van der Waals surface area contributed by atoms with Gasteiger partial charge in [0.2, 0.25) is 9.84 Å². The third-order valence-electron chi connectivity index (χ3n) is 5.36. The number of sulfone groups is 2. The summed E-state index contributed by atoms with van der Waals surface area (Å²) in [6, 6.07) is 16.4. The molecular formula is C24H26O4S2. The van der Waals surface area contributed by atoms with Crippen LogP contribution >= 0.6 is 0 Å². The van der Waals surface area contributed by atoms with Gasteiger partial charge in [-0.2, -0.15) is 0 Å². The van der Waals surface area contributed by atoms with E-state index in [9.17, 15) is 16.8 Å². The first-order valence-electron chi connectivity index (χ1n) is 9.94. The van der Waals surface area contributed by atoms with E-state index in [-0.39, 0.29) is 25.8 Å². The zero-order valence-corrected chi connectivity index (χ0v) is 18.5. The standard InChI is InChI=1S/C24H26O4S2/c1-19-20(2)24(30(27,28)22-15-9-6-10-16-22)18-12-4-3-11-17-23(19)29(25,26)21-13-7-5-8-14-21/h5-10,13-17,24H,1-4,11-12,18H2/b23-17+. The van der Waals surface area contributed by atoms with Crippen molar-refractivity contribution in [2.24, 2.45) is 0 Å². The summed E-state index contributed by atoms with van der Waals surface area (Å²) in [6.45, 7) is 8.00. The van der Waals surface area contributed by atoms with E-state index >= 15 is 0 Å². The molecule has 0 amide bonds. The lowest BCUT2D eigenvalue weighted by molar-refractivity contribution is 0.569. The fraction of sp³-hybridized carbons (Fsp3) is 0.250. The van der Waals surface area contributed by atoms with Gasteiger partial charge in [0.25, 0.3) is 0 Å². The third kappa shape index (κ3) is 4.50. The van der Waals surface area contributed by atoms with Crippen LogP contribution in [0.1, 0.15) is 32.1 Å². The molecular weight excluding hydrogens is 416 g/mol. The highest BCUT2D eigenvalue weighted by molar-refractivity contribution is 7.95. The van der Waals surface area contributed by atoms with Crippen molar-refractivity contribution < 1.29 is 16.8 Å². The topological polar surface area (TPSA) is 68.3 Å². The third-order valence-corrected chi connectivity index (χ3v) is 9.45. The molecule has 0 bridgehead atoms. The van der Waals surface area contributed by atoms with E-state index in [4.69, 9.17) is 0 Å². The van der Waals surface area contributed by atoms with Gasteiger partial charge in [0.1, 0.15) is 0 Å². The lowest BCUT2D eigenvalue weighted by Gasteiger charge is -2.24. The van der Waals surface area contributed by atoms with Gasteiger partial charge < -0.3 is 0 Å². The monoisotopic (exact) mass is 442 g/mol. The van der Waals surface area contributed by atoms with E-state index in [1.54, 1.807) is 54.6 Å². The molecule has 0 aromatic heterocycles. The minimum absolute atomic E-state index is 0.0499. The highest BCUT2D eigenvalue weighted by Gasteiger charge is 2.34. The SMILES string of the molecule is C=C1C(=C)C(S(=O)(=O)c2ccccc2)CCCCC/C=C\1S(=O)(=O)c1ccccc1. The minimum atomic E-state index is -3.84. The molecule has 3 rings (SSSR count). The van der Waals surface area contributed by atoms with E-state index < -0.39 is 24.9 Å². The molecule has 6 heteroatoms. The maximum absolute atomic E-state index is 13.4. The number of rotatable bonds is 4. The van der Waals surface area contributed by atoms with Crippen LogP contribution in [0.4, 0.5) is 0 Å². The molecule has 0 fully saturated rings. The van der Waals surface area contributed by atoms with E-state index in [1.165, 1.54) is 12.1 Å². The maximum atomic E-state index is 13.4. The second kappa shape index (κ2) is 9.14. The molecule has 158 valence electrons. The van der Waals surface area contributed by atoms with Gasteiger partial charge in [0, 0.05) is 0 Å². The van der Waals surface area contributed by atoms with Crippen molar-refractivity contribution in [3.05, 3.63) is 95.9 Å². The molecule has 4 nitrogen and oxygen atoms in total. The zero-order chi connectivity index (χ0) is 21.8. The quantitative estimate of drug-likeness (QED) is 0.647. The van der Waals surface area contributed by atoms with Gasteiger partial charge in [0.05, 0.1) is 19.9 Å². The molecule has 30 heavy (non-hydrogen) atoms. The molecule has 1 aliphatic rings. The van der Waals surface area contributed by atoms with Gasteiger partial charge in [-0.25, -0.2) is 16.8 Å². The Labute approximate surface area is 179 Å². The fourth-order valence-corrected chi connectivity index (χ4v) is 7.07. The van der Waals surface area contributed by atoms with Crippen LogP contribution in [0.25, 0.3) is 0 Å². The molecule has 0 N–H and O–H groups in total. The molecule has 0 saturated heterocycles. The number of allylic oxidation sites excluding steroid dienone is 2. The molecule has 2 aromatic carbocycles. The van der Waals surface area contributed by atoms with Gasteiger partial charge in [-0.3, -0.25) is 0 Å². The average Bonchev–Trinajstić information content (AvgIpc) is 2.75. The minimum Gasteiger partial charge on any atom is -0.223 e. The Bertz CT molecular complexity index is 1160. The summed E-state index contributed by atoms with van der Waals surface area (Å²) in [6.07, 6.45) is 4.95. The largest absolute Gasteiger partial charge is 0.223 e. The Balaban J connectivity index is 2.06. The van der Waals surface area contributed by atoms with Crippen molar-refractivity contribution in [1.29, 1.82) is 0 Å². The van der Waals surface area contributed by atoms with Gasteiger partial charge in [-0.15, -0.1) is 0 Å². The normalized spacial score (nSPS) is 20.9. The lowest BCUT2D eigenvalue weighted by atomic mass is 9.98. The second-order valence-corrected chi connectivity index (χ2v) is 11.4. The van der Waals surface area contributed by atoms with Crippen molar-refractivity contribution >= 4 is 19.7 Å². The number of benzene rings is 2. The van der Waals surface area contributed by atoms with Crippen molar-refractivity contribution in [1.82, 2.24) is 0 Å². The van der Waals surface area contributed by atoms with Crippen LogP contribution in [0.2, 0.25) is 0 Å². The van der Waals surface area contributed by atoms with Gasteiger partial charge in [-0.1, -0.05) is 68.5 Å². The molecule has 1 unspecified atom stereocenters.